The van der Waals surface area contributed by atoms with Crippen LogP contribution < -0.4 is 4.90 Å². The highest BCUT2D eigenvalue weighted by Crippen LogP contribution is 2.52. The molecule has 0 bridgehead atoms. The molecule has 0 amide bonds. The predicted octanol–water partition coefficient (Wildman–Crippen LogP) is 3.15. The maximum atomic E-state index is 8.82. The molecule has 1 fully saturated rings. The third-order valence-corrected chi connectivity index (χ3v) is 4.04. The molecule has 5 nitrogen and oxygen atoms in total. The highest BCUT2D eigenvalue weighted by Gasteiger charge is 2.53. The fourth-order valence-electron chi connectivity index (χ4n) is 2.81. The zero-order chi connectivity index (χ0) is 12.0. The minimum atomic E-state index is -0.567. The van der Waals surface area contributed by atoms with Crippen molar-refractivity contribution in [1.29, 1.82) is 0 Å². The average molecular weight is 295 g/mol. The quantitative estimate of drug-likeness (QED) is 0.454. The Morgan fingerprint density at radius 2 is 2.47 bits per heavy atom. The highest BCUT2D eigenvalue weighted by molar-refractivity contribution is 9.10. The maximum absolute atomic E-state index is 8.82. The summed E-state index contributed by atoms with van der Waals surface area (Å²) in [6.07, 6.45) is 0.554. The summed E-state index contributed by atoms with van der Waals surface area (Å²) in [6.45, 7) is 0.625. The van der Waals surface area contributed by atoms with Crippen molar-refractivity contribution in [2.45, 2.75) is 18.2 Å². The third-order valence-electron chi connectivity index (χ3n) is 3.55. The van der Waals surface area contributed by atoms with Crippen molar-refractivity contribution in [2.75, 3.05) is 18.6 Å². The lowest BCUT2D eigenvalue weighted by atomic mass is 9.90. The van der Waals surface area contributed by atoms with E-state index < -0.39 is 5.54 Å². The molecule has 1 aromatic carbocycles. The second-order valence-corrected chi connectivity index (χ2v) is 5.27. The monoisotopic (exact) mass is 294 g/mol. The lowest BCUT2D eigenvalue weighted by molar-refractivity contribution is 0.0892. The molecule has 6 heteroatoms. The van der Waals surface area contributed by atoms with Gasteiger partial charge in [-0.3, -0.25) is 0 Å². The highest BCUT2D eigenvalue weighted by atomic mass is 79.9. The molecule has 2 atom stereocenters. The predicted molar refractivity (Wildman–Crippen MR) is 67.7 cm³/mol. The summed E-state index contributed by atoms with van der Waals surface area (Å²) < 4.78 is 6.70. The molecule has 0 radical (unpaired) electrons. The summed E-state index contributed by atoms with van der Waals surface area (Å²) in [7, 11) is 1.97. The summed E-state index contributed by atoms with van der Waals surface area (Å²) >= 11 is 3.46. The lowest BCUT2D eigenvalue weighted by Gasteiger charge is -2.25. The minimum absolute atomic E-state index is 0.178. The van der Waals surface area contributed by atoms with E-state index in [1.54, 1.807) is 0 Å². The van der Waals surface area contributed by atoms with Crippen LogP contribution >= 0.6 is 15.9 Å². The summed E-state index contributed by atoms with van der Waals surface area (Å²) in [4.78, 5) is 5.06. The van der Waals surface area contributed by atoms with Gasteiger partial charge in [0.1, 0.15) is 11.8 Å². The van der Waals surface area contributed by atoms with Crippen molar-refractivity contribution in [1.82, 2.24) is 0 Å². The fraction of sp³-hybridized carbons (Fsp3) is 0.455. The van der Waals surface area contributed by atoms with Crippen LogP contribution in [0.15, 0.2) is 27.8 Å². The number of fused-ring (bicyclic) bond motifs is 3. The maximum Gasteiger partial charge on any atom is 0.145 e. The van der Waals surface area contributed by atoms with Gasteiger partial charge in [0.15, 0.2) is 0 Å². The fourth-order valence-corrected chi connectivity index (χ4v) is 3.17. The van der Waals surface area contributed by atoms with Gasteiger partial charge >= 0.3 is 0 Å². The van der Waals surface area contributed by atoms with E-state index in [2.05, 4.69) is 26.0 Å². The van der Waals surface area contributed by atoms with E-state index in [0.717, 1.165) is 22.1 Å². The van der Waals surface area contributed by atoms with E-state index in [4.69, 9.17) is 10.3 Å². The van der Waals surface area contributed by atoms with Gasteiger partial charge in [-0.25, -0.2) is 0 Å². The zero-order valence-electron chi connectivity index (χ0n) is 9.30. The standard InChI is InChI=1S/C11H11BrN4O/c1-16-9-3-2-7(12)6-8(9)11(14-15-13)4-5-17-10(11)16/h2-3,6,10H,4-5H2,1H3/t10-,11+/m0/s1. The second kappa shape index (κ2) is 3.63. The Balaban J connectivity index is 2.26. The molecule has 0 N–H and O–H groups in total. The van der Waals surface area contributed by atoms with Gasteiger partial charge in [-0.15, -0.1) is 0 Å². The molecule has 2 aliphatic rings. The molecular formula is C11H11BrN4O. The lowest BCUT2D eigenvalue weighted by Crippen LogP contribution is -2.38. The Morgan fingerprint density at radius 3 is 3.24 bits per heavy atom. The number of ether oxygens (including phenoxy) is 1. The Kier molecular flexibility index (Phi) is 2.33. The molecule has 17 heavy (non-hydrogen) atoms. The van der Waals surface area contributed by atoms with Crippen LogP contribution in [0, 0.1) is 0 Å². The molecule has 88 valence electrons. The number of anilines is 1. The van der Waals surface area contributed by atoms with Crippen molar-refractivity contribution >= 4 is 21.6 Å². The zero-order valence-corrected chi connectivity index (χ0v) is 10.9. The van der Waals surface area contributed by atoms with Crippen molar-refractivity contribution in [3.8, 4) is 0 Å². The van der Waals surface area contributed by atoms with E-state index in [9.17, 15) is 0 Å². The van der Waals surface area contributed by atoms with E-state index in [-0.39, 0.29) is 6.23 Å². The van der Waals surface area contributed by atoms with Gasteiger partial charge in [-0.1, -0.05) is 21.0 Å². The van der Waals surface area contributed by atoms with Gasteiger partial charge in [-0.2, -0.15) is 0 Å². The van der Waals surface area contributed by atoms with Crippen molar-refractivity contribution in [2.24, 2.45) is 5.11 Å². The molecule has 3 rings (SSSR count). The Morgan fingerprint density at radius 1 is 1.65 bits per heavy atom. The number of hydrogen-bond donors (Lipinski definition) is 0. The smallest absolute Gasteiger partial charge is 0.145 e. The van der Waals surface area contributed by atoms with Crippen LogP contribution in [0.3, 0.4) is 0 Å². The Hall–Kier alpha value is -1.23. The third kappa shape index (κ3) is 1.32. The first-order valence-electron chi connectivity index (χ1n) is 5.40. The number of rotatable bonds is 1. The first-order chi connectivity index (χ1) is 8.19. The van der Waals surface area contributed by atoms with E-state index in [1.807, 2.05) is 30.1 Å². The second-order valence-electron chi connectivity index (χ2n) is 4.36. The van der Waals surface area contributed by atoms with Crippen LogP contribution in [0.1, 0.15) is 12.0 Å². The van der Waals surface area contributed by atoms with Crippen LogP contribution in [0.25, 0.3) is 10.4 Å². The van der Waals surface area contributed by atoms with Crippen LogP contribution in [-0.2, 0) is 10.3 Å². The van der Waals surface area contributed by atoms with Crippen molar-refractivity contribution in [3.63, 3.8) is 0 Å². The first kappa shape index (κ1) is 10.9. The van der Waals surface area contributed by atoms with Crippen molar-refractivity contribution < 1.29 is 4.74 Å². The number of halogens is 1. The van der Waals surface area contributed by atoms with Crippen LogP contribution in [0.2, 0.25) is 0 Å². The van der Waals surface area contributed by atoms with Gasteiger partial charge < -0.3 is 9.64 Å². The summed E-state index contributed by atoms with van der Waals surface area (Å²) in [6, 6.07) is 6.03. The number of benzene rings is 1. The van der Waals surface area contributed by atoms with Gasteiger partial charge in [0, 0.05) is 22.1 Å². The van der Waals surface area contributed by atoms with Crippen LogP contribution in [0.5, 0.6) is 0 Å². The average Bonchev–Trinajstić information content (AvgIpc) is 2.80. The molecule has 0 saturated carbocycles. The molecular weight excluding hydrogens is 284 g/mol. The van der Waals surface area contributed by atoms with E-state index >= 15 is 0 Å². The molecule has 0 aromatic heterocycles. The van der Waals surface area contributed by atoms with E-state index in [0.29, 0.717) is 6.61 Å². The topological polar surface area (TPSA) is 61.2 Å². The number of azide groups is 1. The molecule has 2 heterocycles. The minimum Gasteiger partial charge on any atom is -0.357 e. The SMILES string of the molecule is CN1c2ccc(Br)cc2[C@]2(N=[N+]=[N-])CCO[C@H]12. The van der Waals surface area contributed by atoms with E-state index in [1.165, 1.54) is 0 Å². The largest absolute Gasteiger partial charge is 0.357 e. The van der Waals surface area contributed by atoms with Crippen LogP contribution in [0.4, 0.5) is 5.69 Å². The van der Waals surface area contributed by atoms with Crippen molar-refractivity contribution in [3.05, 3.63) is 38.7 Å². The summed E-state index contributed by atoms with van der Waals surface area (Å²) in [5.41, 5.74) is 10.4. The molecule has 2 aliphatic heterocycles. The normalized spacial score (nSPS) is 29.8. The molecule has 0 unspecified atom stereocenters. The van der Waals surface area contributed by atoms with Gasteiger partial charge in [0.05, 0.1) is 6.61 Å². The van der Waals surface area contributed by atoms with Gasteiger partial charge in [0.2, 0.25) is 0 Å². The molecule has 1 saturated heterocycles. The Labute approximate surface area is 107 Å². The van der Waals surface area contributed by atoms with Gasteiger partial charge in [-0.05, 0) is 35.7 Å². The number of likely N-dealkylation sites (N-methyl/N-ethyl adjacent to an activating group) is 1. The van der Waals surface area contributed by atoms with Gasteiger partial charge in [0.25, 0.3) is 0 Å². The Bertz CT molecular complexity index is 528. The van der Waals surface area contributed by atoms with Crippen LogP contribution in [-0.4, -0.2) is 19.9 Å². The first-order valence-corrected chi connectivity index (χ1v) is 6.19. The summed E-state index contributed by atoms with van der Waals surface area (Å²) in [5.74, 6) is 0. The summed E-state index contributed by atoms with van der Waals surface area (Å²) in [5, 5.41) is 4.04. The molecule has 0 spiro atoms. The molecule has 1 aromatic rings. The number of nitrogens with zero attached hydrogens (tertiary/aromatic N) is 4. The molecule has 0 aliphatic carbocycles. The number of hydrogen-bond acceptors (Lipinski definition) is 3.